The van der Waals surface area contributed by atoms with Crippen LogP contribution >= 0.6 is 0 Å². The van der Waals surface area contributed by atoms with Gasteiger partial charge in [0.1, 0.15) is 5.52 Å². The lowest BCUT2D eigenvalue weighted by Gasteiger charge is -2.29. The van der Waals surface area contributed by atoms with Crippen molar-refractivity contribution in [2.45, 2.75) is 42.7 Å². The number of imidazole rings is 1. The Morgan fingerprint density at radius 1 is 1.03 bits per heavy atom. The maximum atomic E-state index is 13.1. The first-order valence-electron chi connectivity index (χ1n) is 9.90. The summed E-state index contributed by atoms with van der Waals surface area (Å²) in [6.45, 7) is 0. The molecule has 0 saturated heterocycles. The Morgan fingerprint density at radius 3 is 2.52 bits per heavy atom. The summed E-state index contributed by atoms with van der Waals surface area (Å²) in [6.07, 6.45) is 9.53. The van der Waals surface area contributed by atoms with Gasteiger partial charge in [0.25, 0.3) is 10.0 Å². The second-order valence-corrected chi connectivity index (χ2v) is 9.42. The largest absolute Gasteiger partial charge is 0.327 e. The van der Waals surface area contributed by atoms with E-state index in [-0.39, 0.29) is 4.90 Å². The third kappa shape index (κ3) is 2.94. The number of nitrogens with one attached hydrogen (secondary N) is 1. The minimum absolute atomic E-state index is 0.248. The van der Waals surface area contributed by atoms with Crippen molar-refractivity contribution in [3.8, 4) is 0 Å². The summed E-state index contributed by atoms with van der Waals surface area (Å²) in [7, 11) is -1.69. The topological polar surface area (TPSA) is 81.8 Å². The molecular weight excluding hydrogens is 386 g/mol. The first-order chi connectivity index (χ1) is 14.1. The smallest absolute Gasteiger partial charge is 0.269 e. The number of fused-ring (bicyclic) bond motifs is 3. The van der Waals surface area contributed by atoms with Crippen LogP contribution in [0, 0.1) is 0 Å². The minimum atomic E-state index is -3.71. The maximum absolute atomic E-state index is 13.1. The Bertz CT molecular complexity index is 1270. The molecule has 3 heterocycles. The van der Waals surface area contributed by atoms with Gasteiger partial charge in [-0.2, -0.15) is 0 Å². The molecule has 7 nitrogen and oxygen atoms in total. The molecule has 1 aromatic carbocycles. The molecule has 4 aromatic rings. The fourth-order valence-electron chi connectivity index (χ4n) is 4.41. The van der Waals surface area contributed by atoms with Crippen LogP contribution in [0.2, 0.25) is 0 Å². The number of benzene rings is 1. The van der Waals surface area contributed by atoms with Crippen molar-refractivity contribution in [2.75, 3.05) is 7.05 Å². The molecule has 8 heteroatoms. The van der Waals surface area contributed by atoms with Crippen LogP contribution in [0.5, 0.6) is 0 Å². The van der Waals surface area contributed by atoms with E-state index in [9.17, 15) is 8.42 Å². The number of hydrogen-bond donors (Lipinski definition) is 1. The predicted molar refractivity (Wildman–Crippen MR) is 112 cm³/mol. The summed E-state index contributed by atoms with van der Waals surface area (Å²) in [5.41, 5.74) is 2.19. The highest BCUT2D eigenvalue weighted by Crippen LogP contribution is 2.34. The minimum Gasteiger partial charge on any atom is -0.327 e. The molecule has 0 atom stereocenters. The Morgan fingerprint density at radius 2 is 1.79 bits per heavy atom. The van der Waals surface area contributed by atoms with Gasteiger partial charge < -0.3 is 9.88 Å². The summed E-state index contributed by atoms with van der Waals surface area (Å²) >= 11 is 0. The lowest BCUT2D eigenvalue weighted by molar-refractivity contribution is 0.305. The van der Waals surface area contributed by atoms with Crippen molar-refractivity contribution in [1.29, 1.82) is 0 Å². The molecule has 1 N–H and O–H groups in total. The zero-order chi connectivity index (χ0) is 20.0. The van der Waals surface area contributed by atoms with E-state index in [2.05, 4.69) is 19.9 Å². The van der Waals surface area contributed by atoms with E-state index in [0.29, 0.717) is 17.7 Å². The molecule has 3 aromatic heterocycles. The molecule has 0 amide bonds. The van der Waals surface area contributed by atoms with Gasteiger partial charge >= 0.3 is 0 Å². The first kappa shape index (κ1) is 18.3. The second kappa shape index (κ2) is 6.96. The van der Waals surface area contributed by atoms with Gasteiger partial charge in [0, 0.05) is 23.7 Å². The molecule has 1 fully saturated rings. The van der Waals surface area contributed by atoms with E-state index in [1.165, 1.54) is 3.97 Å². The summed E-state index contributed by atoms with van der Waals surface area (Å²) in [4.78, 5) is 9.23. The maximum Gasteiger partial charge on any atom is 0.269 e. The molecule has 1 aliphatic carbocycles. The van der Waals surface area contributed by atoms with Crippen LogP contribution in [0.25, 0.3) is 22.1 Å². The van der Waals surface area contributed by atoms with Crippen LogP contribution in [0.1, 0.15) is 31.7 Å². The van der Waals surface area contributed by atoms with Gasteiger partial charge in [-0.25, -0.2) is 22.4 Å². The number of nitrogens with zero attached hydrogens (tertiary/aromatic N) is 4. The van der Waals surface area contributed by atoms with Crippen LogP contribution in [0.15, 0.2) is 60.0 Å². The number of aromatic nitrogens is 4. The first-order valence-corrected chi connectivity index (χ1v) is 11.3. The molecule has 0 unspecified atom stereocenters. The SMILES string of the molecule is CNC1CCC(n2cnc3cnc4c(ccn4S(=O)(=O)c4ccccc4)c32)CC1. The fraction of sp³-hybridized carbons (Fsp3) is 0.333. The van der Waals surface area contributed by atoms with Gasteiger partial charge in [-0.3, -0.25) is 0 Å². The third-order valence-corrected chi connectivity index (χ3v) is 7.69. The molecule has 5 rings (SSSR count). The van der Waals surface area contributed by atoms with Crippen molar-refractivity contribution in [1.82, 2.24) is 23.8 Å². The van der Waals surface area contributed by atoms with Crippen molar-refractivity contribution >= 4 is 32.1 Å². The lowest BCUT2D eigenvalue weighted by atomic mass is 9.91. The van der Waals surface area contributed by atoms with E-state index in [0.717, 1.165) is 42.1 Å². The van der Waals surface area contributed by atoms with Gasteiger partial charge in [-0.15, -0.1) is 0 Å². The monoisotopic (exact) mass is 409 g/mol. The molecule has 0 spiro atoms. The van der Waals surface area contributed by atoms with Gasteiger partial charge in [-0.05, 0) is 50.9 Å². The van der Waals surface area contributed by atoms with Crippen molar-refractivity contribution < 1.29 is 8.42 Å². The van der Waals surface area contributed by atoms with Crippen molar-refractivity contribution in [3.05, 3.63) is 55.1 Å². The summed E-state index contributed by atoms with van der Waals surface area (Å²) in [5.74, 6) is 0. The van der Waals surface area contributed by atoms with Gasteiger partial charge in [0.15, 0.2) is 5.65 Å². The van der Waals surface area contributed by atoms with E-state index in [1.807, 2.05) is 19.4 Å². The number of pyridine rings is 1. The predicted octanol–water partition coefficient (Wildman–Crippen LogP) is 3.33. The molecule has 1 saturated carbocycles. The lowest BCUT2D eigenvalue weighted by Crippen LogP contribution is -2.30. The fourth-order valence-corrected chi connectivity index (χ4v) is 5.73. The van der Waals surface area contributed by atoms with Gasteiger partial charge in [0.2, 0.25) is 0 Å². The van der Waals surface area contributed by atoms with E-state index in [4.69, 9.17) is 0 Å². The molecular formula is C21H23N5O2S. The van der Waals surface area contributed by atoms with Crippen LogP contribution in [0.3, 0.4) is 0 Å². The van der Waals surface area contributed by atoms with Gasteiger partial charge in [-0.1, -0.05) is 18.2 Å². The standard InChI is InChI=1S/C21H23N5O2S/c1-22-15-7-9-16(10-8-15)25-14-24-19-13-23-21-18(20(19)25)11-12-26(21)29(27,28)17-5-3-2-4-6-17/h2-6,11-16,22H,7-10H2,1H3. The van der Waals surface area contributed by atoms with Crippen LogP contribution in [-0.2, 0) is 10.0 Å². The van der Waals surface area contributed by atoms with Crippen molar-refractivity contribution in [3.63, 3.8) is 0 Å². The Balaban J connectivity index is 1.63. The van der Waals surface area contributed by atoms with Gasteiger partial charge in [0.05, 0.1) is 22.9 Å². The zero-order valence-corrected chi connectivity index (χ0v) is 17.0. The number of hydrogen-bond acceptors (Lipinski definition) is 5. The molecule has 150 valence electrons. The summed E-state index contributed by atoms with van der Waals surface area (Å²) in [6, 6.07) is 11.2. The summed E-state index contributed by atoms with van der Waals surface area (Å²) in [5, 5.41) is 4.18. The Hall–Kier alpha value is -2.71. The Kier molecular flexibility index (Phi) is 4.40. The molecule has 0 bridgehead atoms. The average molecular weight is 410 g/mol. The average Bonchev–Trinajstić information content (AvgIpc) is 3.38. The van der Waals surface area contributed by atoms with E-state index in [1.54, 1.807) is 42.7 Å². The zero-order valence-electron chi connectivity index (χ0n) is 16.2. The Labute approximate surface area is 169 Å². The van der Waals surface area contributed by atoms with Crippen molar-refractivity contribution in [2.24, 2.45) is 0 Å². The quantitative estimate of drug-likeness (QED) is 0.559. The van der Waals surface area contributed by atoms with Crippen LogP contribution < -0.4 is 5.32 Å². The highest BCUT2D eigenvalue weighted by molar-refractivity contribution is 7.90. The summed E-state index contributed by atoms with van der Waals surface area (Å²) < 4.78 is 29.7. The molecule has 0 aliphatic heterocycles. The normalized spacial score (nSPS) is 20.4. The van der Waals surface area contributed by atoms with E-state index >= 15 is 0 Å². The molecule has 29 heavy (non-hydrogen) atoms. The molecule has 1 aliphatic rings. The second-order valence-electron chi connectivity index (χ2n) is 7.60. The highest BCUT2D eigenvalue weighted by atomic mass is 32.2. The van der Waals surface area contributed by atoms with E-state index < -0.39 is 10.0 Å². The van der Waals surface area contributed by atoms with Crippen LogP contribution in [-0.4, -0.2) is 40.0 Å². The highest BCUT2D eigenvalue weighted by Gasteiger charge is 2.25. The molecule has 0 radical (unpaired) electrons. The third-order valence-electron chi connectivity index (χ3n) is 6.01. The number of rotatable bonds is 4. The van der Waals surface area contributed by atoms with Crippen LogP contribution in [0.4, 0.5) is 0 Å².